The van der Waals surface area contributed by atoms with Crippen molar-refractivity contribution in [1.29, 1.82) is 0 Å². The smallest absolute Gasteiger partial charge is 0.330 e. The van der Waals surface area contributed by atoms with Gasteiger partial charge in [0, 0.05) is 6.08 Å². The lowest BCUT2D eigenvalue weighted by Crippen LogP contribution is -2.47. The van der Waals surface area contributed by atoms with Crippen LogP contribution >= 0.6 is 0 Å². The van der Waals surface area contributed by atoms with Crippen LogP contribution in [-0.4, -0.2) is 64.5 Å². The largest absolute Gasteiger partial charge is 0.466 e. The maximum Gasteiger partial charge on any atom is 0.330 e. The summed E-state index contributed by atoms with van der Waals surface area (Å²) in [5.41, 5.74) is 1.29. The normalized spacial score (nSPS) is 15.3. The van der Waals surface area contributed by atoms with E-state index < -0.39 is 36.0 Å². The van der Waals surface area contributed by atoms with E-state index in [0.29, 0.717) is 0 Å². The second-order valence-electron chi connectivity index (χ2n) is 8.01. The van der Waals surface area contributed by atoms with Crippen molar-refractivity contribution in [3.8, 4) is 0 Å². The molecule has 3 aromatic carbocycles. The average molecular weight is 479 g/mol. The molecule has 0 aliphatic carbocycles. The summed E-state index contributed by atoms with van der Waals surface area (Å²) in [6, 6.07) is 28.5. The fourth-order valence-electron chi connectivity index (χ4n) is 3.87. The van der Waals surface area contributed by atoms with Gasteiger partial charge in [-0.05, 0) is 22.8 Å². The molecule has 3 rings (SSSR count). The molecule has 0 saturated heterocycles. The number of benzene rings is 3. The number of rotatable bonds is 11. The molecule has 3 aromatic rings. The molecule has 0 radical (unpaired) electrons. The number of methoxy groups -OCH3 is 1. The Bertz CT molecular complexity index is 974. The molecule has 0 amide bonds. The first kappa shape index (κ1) is 26.3. The van der Waals surface area contributed by atoms with Crippen molar-refractivity contribution in [2.24, 2.45) is 0 Å². The minimum Gasteiger partial charge on any atom is -0.466 e. The molecule has 0 saturated carbocycles. The highest BCUT2D eigenvalue weighted by molar-refractivity contribution is 5.81. The molecular formula is C28H30O7. The molecule has 0 bridgehead atoms. The van der Waals surface area contributed by atoms with Crippen molar-refractivity contribution in [3.63, 3.8) is 0 Å². The standard InChI is InChI=1S/C28H30O7/c1-34-25(31)18-17-23(29)26(32)27(33)24(30)19-35-28(20-11-5-2-6-12-20,21-13-7-3-8-14-21)22-15-9-4-10-16-22/h2-18,23-24,26-27,29-30,32-33H,19H2,1H3/b18-17+/t23-,24-,26-,27-/m1/s1. The van der Waals surface area contributed by atoms with E-state index in [-0.39, 0.29) is 6.61 Å². The second kappa shape index (κ2) is 12.4. The van der Waals surface area contributed by atoms with E-state index in [9.17, 15) is 25.2 Å². The van der Waals surface area contributed by atoms with Crippen molar-refractivity contribution in [3.05, 3.63) is 120 Å². The summed E-state index contributed by atoms with van der Waals surface area (Å²) < 4.78 is 10.9. The average Bonchev–Trinajstić information content (AvgIpc) is 2.92. The monoisotopic (exact) mass is 478 g/mol. The fraction of sp³-hybridized carbons (Fsp3) is 0.250. The van der Waals surface area contributed by atoms with Gasteiger partial charge in [-0.15, -0.1) is 0 Å². The third-order valence-corrected chi connectivity index (χ3v) is 5.74. The van der Waals surface area contributed by atoms with Crippen LogP contribution in [0.25, 0.3) is 0 Å². The molecule has 0 unspecified atom stereocenters. The van der Waals surface area contributed by atoms with Gasteiger partial charge in [-0.1, -0.05) is 91.0 Å². The number of carbonyl (C=O) groups excluding carboxylic acids is 1. The molecule has 4 atom stereocenters. The minimum atomic E-state index is -1.77. The number of esters is 1. The zero-order chi connectivity index (χ0) is 25.3. The second-order valence-corrected chi connectivity index (χ2v) is 8.01. The highest BCUT2D eigenvalue weighted by atomic mass is 16.5. The Morgan fingerprint density at radius 1 is 0.771 bits per heavy atom. The topological polar surface area (TPSA) is 116 Å². The van der Waals surface area contributed by atoms with E-state index in [1.165, 1.54) is 7.11 Å². The summed E-state index contributed by atoms with van der Waals surface area (Å²) in [6.45, 7) is -0.371. The van der Waals surface area contributed by atoms with Crippen molar-refractivity contribution in [1.82, 2.24) is 0 Å². The first-order valence-electron chi connectivity index (χ1n) is 11.2. The van der Waals surface area contributed by atoms with Crippen LogP contribution in [0, 0.1) is 0 Å². The van der Waals surface area contributed by atoms with Crippen LogP contribution in [0.4, 0.5) is 0 Å². The molecule has 0 fully saturated rings. The first-order valence-corrected chi connectivity index (χ1v) is 11.2. The van der Waals surface area contributed by atoms with Gasteiger partial charge in [0.15, 0.2) is 0 Å². The van der Waals surface area contributed by atoms with Gasteiger partial charge in [-0.3, -0.25) is 0 Å². The van der Waals surface area contributed by atoms with Gasteiger partial charge >= 0.3 is 5.97 Å². The molecule has 7 nitrogen and oxygen atoms in total. The summed E-state index contributed by atoms with van der Waals surface area (Å²) in [5, 5.41) is 41.6. The number of aliphatic hydroxyl groups excluding tert-OH is 4. The summed E-state index contributed by atoms with van der Waals surface area (Å²) in [7, 11) is 1.17. The summed E-state index contributed by atoms with van der Waals surface area (Å²) in [4.78, 5) is 11.2. The lowest BCUT2D eigenvalue weighted by molar-refractivity contribution is -0.135. The van der Waals surface area contributed by atoms with Crippen LogP contribution in [0.2, 0.25) is 0 Å². The van der Waals surface area contributed by atoms with Gasteiger partial charge in [0.25, 0.3) is 0 Å². The van der Waals surface area contributed by atoms with Crippen LogP contribution in [0.5, 0.6) is 0 Å². The Balaban J connectivity index is 1.92. The Hall–Kier alpha value is -3.33. The van der Waals surface area contributed by atoms with E-state index in [4.69, 9.17) is 4.74 Å². The quantitative estimate of drug-likeness (QED) is 0.190. The van der Waals surface area contributed by atoms with Crippen LogP contribution in [-0.2, 0) is 19.9 Å². The van der Waals surface area contributed by atoms with Gasteiger partial charge in [0.2, 0.25) is 0 Å². The van der Waals surface area contributed by atoms with Gasteiger partial charge in [-0.2, -0.15) is 0 Å². The SMILES string of the molecule is COC(=O)/C=C/[C@@H](O)[C@@H](O)[C@H](O)[C@H](O)COC(c1ccccc1)(c1ccccc1)c1ccccc1. The first-order chi connectivity index (χ1) is 16.9. The minimum absolute atomic E-state index is 0.371. The lowest BCUT2D eigenvalue weighted by atomic mass is 9.80. The fourth-order valence-corrected chi connectivity index (χ4v) is 3.87. The highest BCUT2D eigenvalue weighted by Crippen LogP contribution is 2.40. The highest BCUT2D eigenvalue weighted by Gasteiger charge is 2.39. The van der Waals surface area contributed by atoms with Gasteiger partial charge in [0.05, 0.1) is 13.7 Å². The molecule has 4 N–H and O–H groups in total. The van der Waals surface area contributed by atoms with Crippen LogP contribution in [0.1, 0.15) is 16.7 Å². The number of hydrogen-bond acceptors (Lipinski definition) is 7. The summed E-state index contributed by atoms with van der Waals surface area (Å²) in [5.74, 6) is -0.729. The number of ether oxygens (including phenoxy) is 2. The lowest BCUT2D eigenvalue weighted by Gasteiger charge is -2.37. The molecule has 0 aliphatic heterocycles. The maximum atomic E-state index is 11.2. The van der Waals surface area contributed by atoms with Crippen LogP contribution in [0.15, 0.2) is 103 Å². The van der Waals surface area contributed by atoms with Crippen molar-refractivity contribution in [2.75, 3.05) is 13.7 Å². The Labute approximate surface area is 204 Å². The molecule has 0 spiro atoms. The molecule has 0 aliphatic rings. The van der Waals surface area contributed by atoms with Crippen molar-refractivity contribution < 1.29 is 34.7 Å². The molecule has 7 heteroatoms. The molecular weight excluding hydrogens is 448 g/mol. The Morgan fingerprint density at radius 2 is 1.20 bits per heavy atom. The van der Waals surface area contributed by atoms with Gasteiger partial charge < -0.3 is 29.9 Å². The zero-order valence-electron chi connectivity index (χ0n) is 19.3. The van der Waals surface area contributed by atoms with E-state index in [2.05, 4.69) is 4.74 Å². The predicted molar refractivity (Wildman–Crippen MR) is 130 cm³/mol. The Kier molecular flexibility index (Phi) is 9.31. The third-order valence-electron chi connectivity index (χ3n) is 5.74. The van der Waals surface area contributed by atoms with E-state index in [1.807, 2.05) is 91.0 Å². The van der Waals surface area contributed by atoms with Crippen molar-refractivity contribution in [2.45, 2.75) is 30.0 Å². The molecule has 0 aromatic heterocycles. The number of carbonyl (C=O) groups is 1. The van der Waals surface area contributed by atoms with Crippen LogP contribution < -0.4 is 0 Å². The van der Waals surface area contributed by atoms with E-state index in [1.54, 1.807) is 0 Å². The molecule has 0 heterocycles. The Morgan fingerprint density at radius 3 is 1.60 bits per heavy atom. The summed E-state index contributed by atoms with van der Waals surface area (Å²) in [6.07, 6.45) is -4.78. The zero-order valence-corrected chi connectivity index (χ0v) is 19.3. The number of hydrogen-bond donors (Lipinski definition) is 4. The molecule has 35 heavy (non-hydrogen) atoms. The van der Waals surface area contributed by atoms with E-state index in [0.717, 1.165) is 28.8 Å². The number of aliphatic hydroxyl groups is 4. The summed E-state index contributed by atoms with van der Waals surface area (Å²) >= 11 is 0. The van der Waals surface area contributed by atoms with Gasteiger partial charge in [-0.25, -0.2) is 4.79 Å². The predicted octanol–water partition coefficient (Wildman–Crippen LogP) is 2.17. The van der Waals surface area contributed by atoms with Crippen LogP contribution in [0.3, 0.4) is 0 Å². The third kappa shape index (κ3) is 6.22. The maximum absolute atomic E-state index is 11.2. The molecule has 184 valence electrons. The van der Waals surface area contributed by atoms with Crippen molar-refractivity contribution >= 4 is 5.97 Å². The van der Waals surface area contributed by atoms with E-state index >= 15 is 0 Å². The van der Waals surface area contributed by atoms with Gasteiger partial charge in [0.1, 0.15) is 30.0 Å².